The third kappa shape index (κ3) is 2.93. The number of carbonyl (C=O) groups is 1. The van der Waals surface area contributed by atoms with Gasteiger partial charge in [-0.1, -0.05) is 12.8 Å². The fraction of sp³-hybridized carbons (Fsp3) is 0.917. The van der Waals surface area contributed by atoms with Crippen LogP contribution in [0.1, 0.15) is 32.1 Å². The molecule has 0 spiro atoms. The van der Waals surface area contributed by atoms with Gasteiger partial charge < -0.3 is 10.5 Å². The van der Waals surface area contributed by atoms with Crippen LogP contribution in [0.25, 0.3) is 0 Å². The summed E-state index contributed by atoms with van der Waals surface area (Å²) in [4.78, 5) is 11.8. The van der Waals surface area contributed by atoms with Crippen LogP contribution in [0.15, 0.2) is 0 Å². The SMILES string of the molecule is COC(=O)C1CCCCC1S(=O)(=O)N1CC[C@@H](N)C1. The number of hydrogen-bond acceptors (Lipinski definition) is 5. The van der Waals surface area contributed by atoms with Crippen LogP contribution in [0.2, 0.25) is 0 Å². The van der Waals surface area contributed by atoms with Crippen LogP contribution >= 0.6 is 0 Å². The monoisotopic (exact) mass is 290 g/mol. The molecule has 2 rings (SSSR count). The van der Waals surface area contributed by atoms with E-state index >= 15 is 0 Å². The molecule has 2 aliphatic rings. The standard InChI is InChI=1S/C12H22N2O4S/c1-18-12(15)10-4-2-3-5-11(10)19(16,17)14-7-6-9(13)8-14/h9-11H,2-8,13H2,1H3/t9-,10?,11?/m1/s1. The highest BCUT2D eigenvalue weighted by Gasteiger charge is 2.44. The summed E-state index contributed by atoms with van der Waals surface area (Å²) in [6, 6.07) is -0.0880. The van der Waals surface area contributed by atoms with Gasteiger partial charge in [0.1, 0.15) is 0 Å². The van der Waals surface area contributed by atoms with E-state index in [1.54, 1.807) is 0 Å². The van der Waals surface area contributed by atoms with Gasteiger partial charge >= 0.3 is 5.97 Å². The van der Waals surface area contributed by atoms with Crippen LogP contribution in [0.4, 0.5) is 0 Å². The molecule has 0 aromatic carbocycles. The molecular weight excluding hydrogens is 268 g/mol. The average molecular weight is 290 g/mol. The van der Waals surface area contributed by atoms with Crippen LogP contribution < -0.4 is 5.73 Å². The summed E-state index contributed by atoms with van der Waals surface area (Å²) in [6.45, 7) is 0.834. The largest absolute Gasteiger partial charge is 0.469 e. The lowest BCUT2D eigenvalue weighted by molar-refractivity contribution is -0.146. The van der Waals surface area contributed by atoms with Crippen molar-refractivity contribution in [3.05, 3.63) is 0 Å². The summed E-state index contributed by atoms with van der Waals surface area (Å²) in [7, 11) is -2.13. The predicted molar refractivity (Wildman–Crippen MR) is 70.8 cm³/mol. The Morgan fingerprint density at radius 3 is 2.53 bits per heavy atom. The zero-order valence-electron chi connectivity index (χ0n) is 11.2. The number of sulfonamides is 1. The van der Waals surface area contributed by atoms with Crippen molar-refractivity contribution in [3.8, 4) is 0 Å². The minimum atomic E-state index is -3.45. The molecule has 2 unspecified atom stereocenters. The molecule has 19 heavy (non-hydrogen) atoms. The summed E-state index contributed by atoms with van der Waals surface area (Å²) in [5.74, 6) is -0.933. The first-order chi connectivity index (χ1) is 8.96. The fourth-order valence-electron chi connectivity index (χ4n) is 3.05. The molecule has 2 fully saturated rings. The van der Waals surface area contributed by atoms with E-state index in [4.69, 9.17) is 10.5 Å². The number of carbonyl (C=O) groups excluding carboxylic acids is 1. The smallest absolute Gasteiger partial charge is 0.310 e. The van der Waals surface area contributed by atoms with Gasteiger partial charge in [-0.2, -0.15) is 0 Å². The molecule has 7 heteroatoms. The summed E-state index contributed by atoms with van der Waals surface area (Å²) >= 11 is 0. The first kappa shape index (κ1) is 14.7. The Hall–Kier alpha value is -0.660. The van der Waals surface area contributed by atoms with Gasteiger partial charge in [-0.25, -0.2) is 12.7 Å². The van der Waals surface area contributed by atoms with Crippen molar-refractivity contribution in [2.75, 3.05) is 20.2 Å². The van der Waals surface area contributed by atoms with Gasteiger partial charge in [-0.15, -0.1) is 0 Å². The summed E-state index contributed by atoms with van der Waals surface area (Å²) < 4.78 is 31.5. The topological polar surface area (TPSA) is 89.7 Å². The third-order valence-electron chi connectivity index (χ3n) is 4.14. The maximum atomic E-state index is 12.6. The average Bonchev–Trinajstić information content (AvgIpc) is 2.85. The summed E-state index contributed by atoms with van der Waals surface area (Å²) in [5.41, 5.74) is 5.77. The van der Waals surface area contributed by atoms with Crippen LogP contribution in [0, 0.1) is 5.92 Å². The first-order valence-electron chi connectivity index (χ1n) is 6.79. The molecule has 1 heterocycles. The van der Waals surface area contributed by atoms with E-state index in [2.05, 4.69) is 0 Å². The lowest BCUT2D eigenvalue weighted by Crippen LogP contribution is -2.46. The van der Waals surface area contributed by atoms with Crippen molar-refractivity contribution in [3.63, 3.8) is 0 Å². The number of ether oxygens (including phenoxy) is 1. The lowest BCUT2D eigenvalue weighted by Gasteiger charge is -2.32. The Kier molecular flexibility index (Phi) is 4.47. The van der Waals surface area contributed by atoms with Gasteiger partial charge in [0.2, 0.25) is 10.0 Å². The molecule has 6 nitrogen and oxygen atoms in total. The zero-order chi connectivity index (χ0) is 14.0. The van der Waals surface area contributed by atoms with Gasteiger partial charge in [0.25, 0.3) is 0 Å². The van der Waals surface area contributed by atoms with Gasteiger partial charge in [0, 0.05) is 19.1 Å². The van der Waals surface area contributed by atoms with Crippen molar-refractivity contribution >= 4 is 16.0 Å². The highest BCUT2D eigenvalue weighted by molar-refractivity contribution is 7.89. The second kappa shape index (κ2) is 5.76. The van der Waals surface area contributed by atoms with Crippen LogP contribution in [-0.4, -0.2) is 50.2 Å². The molecule has 1 aliphatic heterocycles. The molecule has 0 bridgehead atoms. The number of nitrogens with two attached hydrogens (primary N) is 1. The van der Waals surface area contributed by atoms with Crippen LogP contribution in [0.5, 0.6) is 0 Å². The van der Waals surface area contributed by atoms with E-state index in [9.17, 15) is 13.2 Å². The summed E-state index contributed by atoms with van der Waals surface area (Å²) in [5, 5.41) is -0.640. The third-order valence-corrected chi connectivity index (χ3v) is 6.52. The van der Waals surface area contributed by atoms with Gasteiger partial charge in [0.15, 0.2) is 0 Å². The maximum Gasteiger partial charge on any atom is 0.310 e. The Morgan fingerprint density at radius 2 is 1.95 bits per heavy atom. The van der Waals surface area contributed by atoms with E-state index in [1.807, 2.05) is 0 Å². The van der Waals surface area contributed by atoms with E-state index < -0.39 is 27.2 Å². The van der Waals surface area contributed by atoms with Crippen molar-refractivity contribution < 1.29 is 17.9 Å². The molecular formula is C12H22N2O4S. The number of hydrogen-bond donors (Lipinski definition) is 1. The Balaban J connectivity index is 2.19. The molecule has 0 radical (unpaired) electrons. The van der Waals surface area contributed by atoms with Crippen molar-refractivity contribution in [2.45, 2.75) is 43.4 Å². The van der Waals surface area contributed by atoms with E-state index in [-0.39, 0.29) is 6.04 Å². The van der Waals surface area contributed by atoms with E-state index in [1.165, 1.54) is 11.4 Å². The number of nitrogens with zero attached hydrogens (tertiary/aromatic N) is 1. The summed E-state index contributed by atoms with van der Waals surface area (Å²) in [6.07, 6.45) is 3.54. The molecule has 0 amide bonds. The number of methoxy groups -OCH3 is 1. The normalized spacial score (nSPS) is 33.3. The molecule has 1 saturated carbocycles. The molecule has 110 valence electrons. The fourth-order valence-corrected chi connectivity index (χ4v) is 5.32. The van der Waals surface area contributed by atoms with E-state index in [0.29, 0.717) is 32.4 Å². The van der Waals surface area contributed by atoms with Gasteiger partial charge in [-0.05, 0) is 19.3 Å². The first-order valence-corrected chi connectivity index (χ1v) is 8.29. The molecule has 0 aromatic rings. The van der Waals surface area contributed by atoms with E-state index in [0.717, 1.165) is 12.8 Å². The van der Waals surface area contributed by atoms with Crippen LogP contribution in [0.3, 0.4) is 0 Å². The van der Waals surface area contributed by atoms with Gasteiger partial charge in [-0.3, -0.25) is 4.79 Å². The maximum absolute atomic E-state index is 12.6. The highest BCUT2D eigenvalue weighted by Crippen LogP contribution is 2.33. The Labute approximate surface area is 114 Å². The minimum absolute atomic E-state index is 0.0880. The number of esters is 1. The Bertz CT molecular complexity index is 437. The quantitative estimate of drug-likeness (QED) is 0.744. The molecule has 3 atom stereocenters. The van der Waals surface area contributed by atoms with Crippen LogP contribution in [-0.2, 0) is 19.6 Å². The Morgan fingerprint density at radius 1 is 1.26 bits per heavy atom. The van der Waals surface area contributed by atoms with Crippen molar-refractivity contribution in [1.29, 1.82) is 0 Å². The second-order valence-corrected chi connectivity index (χ2v) is 7.56. The molecule has 2 N–H and O–H groups in total. The molecule has 1 aliphatic carbocycles. The molecule has 1 saturated heterocycles. The number of rotatable bonds is 3. The second-order valence-electron chi connectivity index (χ2n) is 5.40. The van der Waals surface area contributed by atoms with Gasteiger partial charge in [0.05, 0.1) is 18.3 Å². The minimum Gasteiger partial charge on any atom is -0.469 e. The lowest BCUT2D eigenvalue weighted by atomic mass is 9.89. The molecule has 0 aromatic heterocycles. The highest BCUT2D eigenvalue weighted by atomic mass is 32.2. The predicted octanol–water partition coefficient (Wildman–Crippen LogP) is 0.0810. The zero-order valence-corrected chi connectivity index (χ0v) is 12.1. The van der Waals surface area contributed by atoms with Crippen molar-refractivity contribution in [1.82, 2.24) is 4.31 Å². The van der Waals surface area contributed by atoms with Crippen molar-refractivity contribution in [2.24, 2.45) is 11.7 Å².